The Bertz CT molecular complexity index is 513. The molecule has 2 rings (SSSR count). The van der Waals surface area contributed by atoms with Crippen LogP contribution in [0.1, 0.15) is 17.7 Å². The summed E-state index contributed by atoms with van der Waals surface area (Å²) < 4.78 is 18.6. The number of aromatic amines is 1. The summed E-state index contributed by atoms with van der Waals surface area (Å²) in [5.74, 6) is -0.00217. The predicted octanol–water partition coefficient (Wildman–Crippen LogP) is 2.42. The zero-order chi connectivity index (χ0) is 13.5. The van der Waals surface area contributed by atoms with Crippen molar-refractivity contribution in [2.24, 2.45) is 0 Å². The molecule has 102 valence electrons. The normalized spacial score (nSPS) is 10.6. The first-order valence-electron chi connectivity index (χ1n) is 6.34. The van der Waals surface area contributed by atoms with Crippen LogP contribution in [0.2, 0.25) is 0 Å². The maximum absolute atomic E-state index is 13.2. The monoisotopic (exact) mass is 263 g/mol. The second kappa shape index (κ2) is 6.89. The van der Waals surface area contributed by atoms with E-state index in [-0.39, 0.29) is 5.82 Å². The van der Waals surface area contributed by atoms with E-state index in [0.717, 1.165) is 30.8 Å². The second-order valence-electron chi connectivity index (χ2n) is 4.33. The van der Waals surface area contributed by atoms with Crippen molar-refractivity contribution < 1.29 is 9.13 Å². The van der Waals surface area contributed by atoms with Crippen LogP contribution in [0.25, 0.3) is 0 Å². The van der Waals surface area contributed by atoms with Crippen molar-refractivity contribution in [2.75, 3.05) is 13.2 Å². The largest absolute Gasteiger partial charge is 0.490 e. The van der Waals surface area contributed by atoms with E-state index in [1.165, 1.54) is 6.07 Å². The number of para-hydroxylation sites is 1. The first-order chi connectivity index (χ1) is 9.27. The van der Waals surface area contributed by atoms with Crippen molar-refractivity contribution in [1.82, 2.24) is 15.5 Å². The minimum absolute atomic E-state index is 0.313. The number of benzene rings is 1. The first kappa shape index (κ1) is 13.5. The highest BCUT2D eigenvalue weighted by Crippen LogP contribution is 2.15. The fourth-order valence-electron chi connectivity index (χ4n) is 1.72. The lowest BCUT2D eigenvalue weighted by atomic mass is 10.2. The lowest BCUT2D eigenvalue weighted by Gasteiger charge is -2.07. The molecule has 0 aliphatic rings. The molecule has 1 aromatic heterocycles. The second-order valence-corrected chi connectivity index (χ2v) is 4.33. The van der Waals surface area contributed by atoms with Gasteiger partial charge < -0.3 is 10.1 Å². The van der Waals surface area contributed by atoms with Gasteiger partial charge in [-0.05, 0) is 32.0 Å². The van der Waals surface area contributed by atoms with Gasteiger partial charge in [-0.15, -0.1) is 0 Å². The van der Waals surface area contributed by atoms with Crippen molar-refractivity contribution in [2.45, 2.75) is 19.9 Å². The van der Waals surface area contributed by atoms with Crippen LogP contribution >= 0.6 is 0 Å². The van der Waals surface area contributed by atoms with E-state index in [2.05, 4.69) is 15.5 Å². The molecular formula is C14H18FN3O. The van der Waals surface area contributed by atoms with Crippen LogP contribution in [-0.2, 0) is 6.54 Å². The van der Waals surface area contributed by atoms with Gasteiger partial charge in [0, 0.05) is 17.8 Å². The summed E-state index contributed by atoms with van der Waals surface area (Å²) in [6, 6.07) is 6.45. The molecule has 0 spiro atoms. The topological polar surface area (TPSA) is 49.9 Å². The number of H-pyrrole nitrogens is 1. The van der Waals surface area contributed by atoms with Crippen LogP contribution in [0, 0.1) is 12.7 Å². The van der Waals surface area contributed by atoms with Gasteiger partial charge >= 0.3 is 0 Å². The average molecular weight is 263 g/mol. The van der Waals surface area contributed by atoms with E-state index >= 15 is 0 Å². The van der Waals surface area contributed by atoms with Crippen molar-refractivity contribution in [1.29, 1.82) is 0 Å². The van der Waals surface area contributed by atoms with E-state index < -0.39 is 0 Å². The Kier molecular flexibility index (Phi) is 4.92. The number of hydrogen-bond acceptors (Lipinski definition) is 3. The van der Waals surface area contributed by atoms with Crippen LogP contribution in [0.5, 0.6) is 5.75 Å². The van der Waals surface area contributed by atoms with Crippen molar-refractivity contribution in [3.05, 3.63) is 47.5 Å². The number of rotatable bonds is 7. The third kappa shape index (κ3) is 4.06. The molecular weight excluding hydrogens is 245 g/mol. The van der Waals surface area contributed by atoms with Gasteiger partial charge in [0.2, 0.25) is 0 Å². The predicted molar refractivity (Wildman–Crippen MR) is 71.5 cm³/mol. The molecule has 0 amide bonds. The summed E-state index contributed by atoms with van der Waals surface area (Å²) in [5, 5.41) is 10.1. The number of nitrogens with one attached hydrogen (secondary N) is 2. The SMILES string of the molecule is Cc1[nH]ncc1CNCCCOc1ccccc1F. The van der Waals surface area contributed by atoms with E-state index in [1.807, 2.05) is 13.1 Å². The van der Waals surface area contributed by atoms with Gasteiger partial charge in [-0.25, -0.2) is 4.39 Å². The fraction of sp³-hybridized carbons (Fsp3) is 0.357. The summed E-state index contributed by atoms with van der Waals surface area (Å²) in [7, 11) is 0. The summed E-state index contributed by atoms with van der Waals surface area (Å²) in [5.41, 5.74) is 2.24. The molecule has 0 bridgehead atoms. The Morgan fingerprint density at radius 1 is 1.37 bits per heavy atom. The molecule has 2 aromatic rings. The van der Waals surface area contributed by atoms with Crippen LogP contribution in [0.4, 0.5) is 4.39 Å². The van der Waals surface area contributed by atoms with Gasteiger partial charge in [-0.1, -0.05) is 12.1 Å². The Morgan fingerprint density at radius 2 is 2.21 bits per heavy atom. The van der Waals surface area contributed by atoms with E-state index in [1.54, 1.807) is 18.2 Å². The van der Waals surface area contributed by atoms with Crippen LogP contribution in [0.3, 0.4) is 0 Å². The molecule has 5 heteroatoms. The number of aromatic nitrogens is 2. The Labute approximate surface area is 112 Å². The Morgan fingerprint density at radius 3 is 2.95 bits per heavy atom. The van der Waals surface area contributed by atoms with Crippen molar-refractivity contribution in [3.63, 3.8) is 0 Å². The maximum Gasteiger partial charge on any atom is 0.165 e. The lowest BCUT2D eigenvalue weighted by molar-refractivity contribution is 0.293. The van der Waals surface area contributed by atoms with Crippen molar-refractivity contribution >= 4 is 0 Å². The maximum atomic E-state index is 13.2. The third-order valence-corrected chi connectivity index (χ3v) is 2.84. The third-order valence-electron chi connectivity index (χ3n) is 2.84. The molecule has 0 unspecified atom stereocenters. The van der Waals surface area contributed by atoms with E-state index in [0.29, 0.717) is 12.4 Å². The van der Waals surface area contributed by atoms with Crippen LogP contribution < -0.4 is 10.1 Å². The first-order valence-corrected chi connectivity index (χ1v) is 6.34. The summed E-state index contributed by atoms with van der Waals surface area (Å²) in [6.45, 7) is 4.09. The molecule has 2 N–H and O–H groups in total. The molecule has 0 saturated carbocycles. The molecule has 0 fully saturated rings. The van der Waals surface area contributed by atoms with Gasteiger partial charge in [-0.2, -0.15) is 5.10 Å². The lowest BCUT2D eigenvalue weighted by Crippen LogP contribution is -2.17. The van der Waals surface area contributed by atoms with E-state index in [4.69, 9.17) is 4.74 Å². The molecule has 0 saturated heterocycles. The Balaban J connectivity index is 1.60. The highest BCUT2D eigenvalue weighted by atomic mass is 19.1. The van der Waals surface area contributed by atoms with Gasteiger partial charge in [0.25, 0.3) is 0 Å². The smallest absolute Gasteiger partial charge is 0.165 e. The molecule has 0 atom stereocenters. The molecule has 4 nitrogen and oxygen atoms in total. The van der Waals surface area contributed by atoms with Gasteiger partial charge in [0.05, 0.1) is 12.8 Å². The van der Waals surface area contributed by atoms with Crippen LogP contribution in [-0.4, -0.2) is 23.3 Å². The Hall–Kier alpha value is -1.88. The molecule has 0 aliphatic heterocycles. The minimum Gasteiger partial charge on any atom is -0.490 e. The summed E-state index contributed by atoms with van der Waals surface area (Å²) in [4.78, 5) is 0. The molecule has 0 aliphatic carbocycles. The van der Waals surface area contributed by atoms with Gasteiger partial charge in [0.15, 0.2) is 11.6 Å². The summed E-state index contributed by atoms with van der Waals surface area (Å²) >= 11 is 0. The highest BCUT2D eigenvalue weighted by Gasteiger charge is 2.01. The number of halogens is 1. The van der Waals surface area contributed by atoms with Crippen LogP contribution in [0.15, 0.2) is 30.5 Å². The standard InChI is InChI=1S/C14H18FN3O/c1-11-12(10-17-18-11)9-16-7-4-8-19-14-6-3-2-5-13(14)15/h2-3,5-6,10,16H,4,7-9H2,1H3,(H,17,18). The van der Waals surface area contributed by atoms with Crippen molar-refractivity contribution in [3.8, 4) is 5.75 Å². The quantitative estimate of drug-likeness (QED) is 0.754. The van der Waals surface area contributed by atoms with Gasteiger partial charge in [0.1, 0.15) is 0 Å². The average Bonchev–Trinajstić information content (AvgIpc) is 2.81. The fourth-order valence-corrected chi connectivity index (χ4v) is 1.72. The molecule has 19 heavy (non-hydrogen) atoms. The number of hydrogen-bond donors (Lipinski definition) is 2. The zero-order valence-corrected chi connectivity index (χ0v) is 10.9. The molecule has 1 aromatic carbocycles. The minimum atomic E-state index is -0.315. The molecule has 1 heterocycles. The summed E-state index contributed by atoms with van der Waals surface area (Å²) in [6.07, 6.45) is 2.64. The van der Waals surface area contributed by atoms with Gasteiger partial charge in [-0.3, -0.25) is 5.10 Å². The number of nitrogens with zero attached hydrogens (tertiary/aromatic N) is 1. The zero-order valence-electron chi connectivity index (χ0n) is 10.9. The number of ether oxygens (including phenoxy) is 1. The highest BCUT2D eigenvalue weighted by molar-refractivity contribution is 5.23. The molecule has 0 radical (unpaired) electrons. The van der Waals surface area contributed by atoms with E-state index in [9.17, 15) is 4.39 Å². The number of aryl methyl sites for hydroxylation is 1.